The molecule has 1 aliphatic rings. The number of aryl methyl sites for hydroxylation is 1. The molecule has 0 radical (unpaired) electrons. The van der Waals surface area contributed by atoms with E-state index in [4.69, 9.17) is 4.74 Å². The summed E-state index contributed by atoms with van der Waals surface area (Å²) in [5.74, 6) is 0.271. The average molecular weight is 474 g/mol. The van der Waals surface area contributed by atoms with E-state index in [0.29, 0.717) is 56.1 Å². The van der Waals surface area contributed by atoms with Crippen molar-refractivity contribution in [2.75, 3.05) is 38.2 Å². The van der Waals surface area contributed by atoms with Crippen molar-refractivity contribution in [3.8, 4) is 11.8 Å². The molecule has 1 aliphatic heterocycles. The smallest absolute Gasteiger partial charge is 0.305 e. The lowest BCUT2D eigenvalue weighted by Gasteiger charge is -2.35. The first kappa shape index (κ1) is 23.9. The van der Waals surface area contributed by atoms with Crippen LogP contribution in [0.4, 0.5) is 5.82 Å². The quantitative estimate of drug-likeness (QED) is 0.500. The van der Waals surface area contributed by atoms with Gasteiger partial charge in [0.2, 0.25) is 0 Å². The van der Waals surface area contributed by atoms with Crippen LogP contribution in [0.5, 0.6) is 0 Å². The summed E-state index contributed by atoms with van der Waals surface area (Å²) in [6.45, 7) is 6.12. The lowest BCUT2D eigenvalue weighted by Crippen LogP contribution is -2.49. The molecule has 35 heavy (non-hydrogen) atoms. The Hall–Kier alpha value is -4.26. The van der Waals surface area contributed by atoms with E-state index < -0.39 is 0 Å². The molecule has 1 amide bonds. The zero-order valence-corrected chi connectivity index (χ0v) is 20.1. The van der Waals surface area contributed by atoms with Crippen molar-refractivity contribution < 1.29 is 14.3 Å². The number of hydrogen-bond donors (Lipinski definition) is 0. The Morgan fingerprint density at radius 2 is 1.74 bits per heavy atom. The van der Waals surface area contributed by atoms with Gasteiger partial charge in [-0.05, 0) is 50.1 Å². The van der Waals surface area contributed by atoms with Crippen LogP contribution in [-0.2, 0) is 16.0 Å². The van der Waals surface area contributed by atoms with Crippen LogP contribution < -0.4 is 4.90 Å². The highest BCUT2D eigenvalue weighted by Gasteiger charge is 2.25. The Labute approximate surface area is 203 Å². The summed E-state index contributed by atoms with van der Waals surface area (Å²) in [6.07, 6.45) is 3.94. The third-order valence-electron chi connectivity index (χ3n) is 6.26. The molecule has 1 fully saturated rings. The Morgan fingerprint density at radius 3 is 2.40 bits per heavy atom. The second-order valence-electron chi connectivity index (χ2n) is 8.30. The van der Waals surface area contributed by atoms with Crippen molar-refractivity contribution >= 4 is 17.7 Å². The van der Waals surface area contributed by atoms with E-state index in [1.807, 2.05) is 52.6 Å². The van der Waals surface area contributed by atoms with Crippen LogP contribution in [0, 0.1) is 25.2 Å². The Bertz CT molecular complexity index is 1270. The molecule has 10 nitrogen and oxygen atoms in total. The lowest BCUT2D eigenvalue weighted by atomic mass is 10.1. The van der Waals surface area contributed by atoms with E-state index in [1.54, 1.807) is 6.20 Å². The molecule has 3 aromatic rings. The predicted octanol–water partition coefficient (Wildman–Crippen LogP) is 2.22. The van der Waals surface area contributed by atoms with E-state index in [-0.39, 0.29) is 11.9 Å². The summed E-state index contributed by atoms with van der Waals surface area (Å²) in [5, 5.41) is 13.9. The van der Waals surface area contributed by atoms with Gasteiger partial charge >= 0.3 is 5.97 Å². The molecule has 4 rings (SSSR count). The van der Waals surface area contributed by atoms with E-state index in [2.05, 4.69) is 21.1 Å². The van der Waals surface area contributed by atoms with Crippen LogP contribution in [0.1, 0.15) is 39.4 Å². The summed E-state index contributed by atoms with van der Waals surface area (Å²) in [7, 11) is 1.39. The van der Waals surface area contributed by atoms with Gasteiger partial charge in [0.1, 0.15) is 6.07 Å². The first-order valence-corrected chi connectivity index (χ1v) is 11.4. The van der Waals surface area contributed by atoms with Crippen LogP contribution in [-0.4, -0.2) is 69.8 Å². The molecule has 1 saturated heterocycles. The first-order valence-electron chi connectivity index (χ1n) is 11.4. The Morgan fingerprint density at radius 1 is 1.06 bits per heavy atom. The summed E-state index contributed by atoms with van der Waals surface area (Å²) in [6, 6.07) is 9.45. The summed E-state index contributed by atoms with van der Waals surface area (Å²) >= 11 is 0. The van der Waals surface area contributed by atoms with Crippen LogP contribution in [0.2, 0.25) is 0 Å². The maximum Gasteiger partial charge on any atom is 0.305 e. The minimum absolute atomic E-state index is 0.0389. The number of anilines is 1. The second kappa shape index (κ2) is 10.3. The standard InChI is InChI=1S/C25H27N7O3/c1-17-21(8-9-23(33)35-3)18(2)32(29-17)20-6-4-19(5-7-20)25(34)31-14-12-30(13-15-31)24-22(16-26)27-10-11-28-24/h4-7,10-11H,8-9,12-15H2,1-3H3. The SMILES string of the molecule is COC(=O)CCc1c(C)nn(-c2ccc(C(=O)N3CCN(c4nccnc4C#N)CC3)cc2)c1C. The van der Waals surface area contributed by atoms with Crippen LogP contribution >= 0.6 is 0 Å². The van der Waals surface area contributed by atoms with Crippen molar-refractivity contribution in [3.63, 3.8) is 0 Å². The number of hydrogen-bond acceptors (Lipinski definition) is 8. The molecule has 0 bridgehead atoms. The first-order chi connectivity index (χ1) is 16.9. The number of nitriles is 1. The number of esters is 1. The van der Waals surface area contributed by atoms with Gasteiger partial charge in [0, 0.05) is 56.3 Å². The molecule has 10 heteroatoms. The van der Waals surface area contributed by atoms with E-state index in [1.165, 1.54) is 13.3 Å². The molecular weight excluding hydrogens is 446 g/mol. The Balaban J connectivity index is 1.42. The largest absolute Gasteiger partial charge is 0.469 e. The van der Waals surface area contributed by atoms with Crippen LogP contribution in [0.25, 0.3) is 5.69 Å². The maximum atomic E-state index is 13.1. The van der Waals surface area contributed by atoms with Gasteiger partial charge in [-0.15, -0.1) is 0 Å². The topological polar surface area (TPSA) is 117 Å². The van der Waals surface area contributed by atoms with Gasteiger partial charge in [-0.2, -0.15) is 10.4 Å². The molecule has 3 heterocycles. The highest BCUT2D eigenvalue weighted by molar-refractivity contribution is 5.94. The zero-order valence-electron chi connectivity index (χ0n) is 20.1. The summed E-state index contributed by atoms with van der Waals surface area (Å²) < 4.78 is 6.58. The summed E-state index contributed by atoms with van der Waals surface area (Å²) in [5.41, 5.74) is 4.60. The average Bonchev–Trinajstić information content (AvgIpc) is 3.19. The number of piperazine rings is 1. The minimum atomic E-state index is -0.248. The highest BCUT2D eigenvalue weighted by Crippen LogP contribution is 2.21. The number of carbonyl (C=O) groups excluding carboxylic acids is 2. The van der Waals surface area contributed by atoms with Gasteiger partial charge in [0.25, 0.3) is 5.91 Å². The zero-order chi connectivity index (χ0) is 24.9. The molecule has 180 valence electrons. The predicted molar refractivity (Wildman–Crippen MR) is 128 cm³/mol. The fraction of sp³-hybridized carbons (Fsp3) is 0.360. The third-order valence-corrected chi connectivity index (χ3v) is 6.26. The number of nitrogens with zero attached hydrogens (tertiary/aromatic N) is 7. The number of benzene rings is 1. The minimum Gasteiger partial charge on any atom is -0.469 e. The van der Waals surface area contributed by atoms with Crippen LogP contribution in [0.3, 0.4) is 0 Å². The molecule has 0 atom stereocenters. The third kappa shape index (κ3) is 4.99. The van der Waals surface area contributed by atoms with Gasteiger partial charge in [-0.25, -0.2) is 14.6 Å². The number of amides is 1. The van der Waals surface area contributed by atoms with Crippen molar-refractivity contribution in [2.45, 2.75) is 26.7 Å². The number of ether oxygens (including phenoxy) is 1. The fourth-order valence-electron chi connectivity index (χ4n) is 4.31. The van der Waals surface area contributed by atoms with E-state index in [9.17, 15) is 14.9 Å². The van der Waals surface area contributed by atoms with Crippen molar-refractivity contribution in [3.05, 3.63) is 64.9 Å². The number of methoxy groups -OCH3 is 1. The molecule has 0 unspecified atom stereocenters. The van der Waals surface area contributed by atoms with Gasteiger partial charge in [0.15, 0.2) is 11.5 Å². The van der Waals surface area contributed by atoms with E-state index >= 15 is 0 Å². The van der Waals surface area contributed by atoms with Gasteiger partial charge in [-0.3, -0.25) is 9.59 Å². The highest BCUT2D eigenvalue weighted by atomic mass is 16.5. The lowest BCUT2D eigenvalue weighted by molar-refractivity contribution is -0.140. The molecule has 0 N–H and O–H groups in total. The fourth-order valence-corrected chi connectivity index (χ4v) is 4.31. The van der Waals surface area contributed by atoms with E-state index in [0.717, 1.165) is 22.6 Å². The maximum absolute atomic E-state index is 13.1. The van der Waals surface area contributed by atoms with Crippen molar-refractivity contribution in [1.82, 2.24) is 24.6 Å². The molecular formula is C25H27N7O3. The molecule has 0 saturated carbocycles. The Kier molecular flexibility index (Phi) is 7.06. The summed E-state index contributed by atoms with van der Waals surface area (Å²) in [4.78, 5) is 36.8. The second-order valence-corrected chi connectivity index (χ2v) is 8.30. The monoisotopic (exact) mass is 473 g/mol. The van der Waals surface area contributed by atoms with Crippen LogP contribution in [0.15, 0.2) is 36.7 Å². The number of aromatic nitrogens is 4. The van der Waals surface area contributed by atoms with Crippen molar-refractivity contribution in [1.29, 1.82) is 5.26 Å². The van der Waals surface area contributed by atoms with Gasteiger partial charge in [0.05, 0.1) is 18.5 Å². The number of rotatable bonds is 6. The molecule has 2 aromatic heterocycles. The normalized spacial score (nSPS) is 13.4. The van der Waals surface area contributed by atoms with Crippen molar-refractivity contribution in [2.24, 2.45) is 0 Å². The van der Waals surface area contributed by atoms with Gasteiger partial charge in [-0.1, -0.05) is 0 Å². The molecule has 1 aromatic carbocycles. The van der Waals surface area contributed by atoms with Gasteiger partial charge < -0.3 is 14.5 Å². The molecule has 0 aliphatic carbocycles. The number of carbonyl (C=O) groups is 2. The molecule has 0 spiro atoms.